The Morgan fingerprint density at radius 1 is 1.16 bits per heavy atom. The number of aliphatic hydroxyl groups excluding tert-OH is 1. The summed E-state index contributed by atoms with van der Waals surface area (Å²) in [7, 11) is 0. The Hall–Kier alpha value is -0.610. The van der Waals surface area contributed by atoms with Crippen LogP contribution in [0.25, 0.3) is 0 Å². The van der Waals surface area contributed by atoms with Gasteiger partial charge in [0.15, 0.2) is 0 Å². The number of fused-ring (bicyclic) bond motifs is 2. The van der Waals surface area contributed by atoms with E-state index in [1.54, 1.807) is 0 Å². The van der Waals surface area contributed by atoms with Crippen molar-refractivity contribution in [2.75, 3.05) is 0 Å². The van der Waals surface area contributed by atoms with Gasteiger partial charge in [-0.15, -0.1) is 0 Å². The van der Waals surface area contributed by atoms with Gasteiger partial charge in [0.25, 0.3) is 0 Å². The van der Waals surface area contributed by atoms with Gasteiger partial charge in [-0.25, -0.2) is 0 Å². The molecule has 0 aromatic rings. The fraction of sp³-hybridized carbons (Fsp3) is 0.933. The first-order valence-corrected chi connectivity index (χ1v) is 7.93. The Balaban J connectivity index is 1.50. The first-order chi connectivity index (χ1) is 9.27. The van der Waals surface area contributed by atoms with Gasteiger partial charge in [0, 0.05) is 12.0 Å². The van der Waals surface area contributed by atoms with Crippen LogP contribution in [-0.4, -0.2) is 40.4 Å². The van der Waals surface area contributed by atoms with E-state index in [1.165, 1.54) is 19.3 Å². The minimum Gasteiger partial charge on any atom is -0.390 e. The van der Waals surface area contributed by atoms with Crippen molar-refractivity contribution >= 4 is 5.91 Å². The molecule has 0 aromatic heterocycles. The summed E-state index contributed by atoms with van der Waals surface area (Å²) in [5, 5.41) is 10.2. The first kappa shape index (κ1) is 11.1. The van der Waals surface area contributed by atoms with Crippen LogP contribution in [0.1, 0.15) is 38.5 Å². The SMILES string of the molecule is O=C1[C@@H]2[C@H]3C[C@H]4[C@H](O[C@H]([C@@H]42)N1C1CCCCC1)[C@H]3O. The quantitative estimate of drug-likeness (QED) is 0.771. The normalized spacial score (nSPS) is 55.5. The molecular weight excluding hydrogens is 242 g/mol. The van der Waals surface area contributed by atoms with Crippen molar-refractivity contribution in [2.45, 2.75) is 63.0 Å². The minimum absolute atomic E-state index is 0.00208. The van der Waals surface area contributed by atoms with E-state index in [9.17, 15) is 9.90 Å². The molecule has 0 aromatic carbocycles. The number of carbonyl (C=O) groups is 1. The maximum absolute atomic E-state index is 12.8. The van der Waals surface area contributed by atoms with Gasteiger partial charge in [0.1, 0.15) is 6.23 Å². The lowest BCUT2D eigenvalue weighted by Crippen LogP contribution is -2.48. The summed E-state index contributed by atoms with van der Waals surface area (Å²) in [6.07, 6.45) is 6.75. The van der Waals surface area contributed by atoms with Gasteiger partial charge in [-0.2, -0.15) is 0 Å². The van der Waals surface area contributed by atoms with E-state index in [-0.39, 0.29) is 30.3 Å². The molecule has 7 atom stereocenters. The maximum atomic E-state index is 12.8. The Labute approximate surface area is 113 Å². The van der Waals surface area contributed by atoms with E-state index in [4.69, 9.17) is 4.74 Å². The van der Waals surface area contributed by atoms with E-state index >= 15 is 0 Å². The predicted molar refractivity (Wildman–Crippen MR) is 67.0 cm³/mol. The second-order valence-corrected chi connectivity index (χ2v) is 7.19. The summed E-state index contributed by atoms with van der Waals surface area (Å²) >= 11 is 0. The predicted octanol–water partition coefficient (Wildman–Crippen LogP) is 1.13. The Morgan fingerprint density at radius 3 is 2.74 bits per heavy atom. The lowest BCUT2D eigenvalue weighted by atomic mass is 9.80. The van der Waals surface area contributed by atoms with Crippen LogP contribution in [0, 0.1) is 23.7 Å². The smallest absolute Gasteiger partial charge is 0.228 e. The van der Waals surface area contributed by atoms with Crippen LogP contribution in [0.3, 0.4) is 0 Å². The van der Waals surface area contributed by atoms with Gasteiger partial charge in [-0.1, -0.05) is 19.3 Å². The lowest BCUT2D eigenvalue weighted by molar-refractivity contribution is -0.156. The topological polar surface area (TPSA) is 49.8 Å². The van der Waals surface area contributed by atoms with Crippen molar-refractivity contribution in [1.82, 2.24) is 4.90 Å². The average molecular weight is 263 g/mol. The molecular formula is C15H21NO3. The van der Waals surface area contributed by atoms with E-state index in [0.29, 0.717) is 23.8 Å². The summed E-state index contributed by atoms with van der Waals surface area (Å²) in [5.41, 5.74) is 0. The number of aliphatic hydroxyl groups is 1. The molecule has 2 heterocycles. The Morgan fingerprint density at radius 2 is 1.95 bits per heavy atom. The third kappa shape index (κ3) is 1.17. The zero-order chi connectivity index (χ0) is 12.7. The number of hydrogen-bond acceptors (Lipinski definition) is 3. The fourth-order valence-corrected chi connectivity index (χ4v) is 5.84. The molecule has 4 nitrogen and oxygen atoms in total. The molecule has 2 saturated heterocycles. The van der Waals surface area contributed by atoms with Crippen molar-refractivity contribution in [3.05, 3.63) is 0 Å². The van der Waals surface area contributed by atoms with Crippen molar-refractivity contribution in [3.63, 3.8) is 0 Å². The second kappa shape index (κ2) is 3.53. The second-order valence-electron chi connectivity index (χ2n) is 7.19. The van der Waals surface area contributed by atoms with E-state index in [1.807, 2.05) is 0 Å². The molecule has 3 aliphatic carbocycles. The summed E-state index contributed by atoms with van der Waals surface area (Å²) in [6.45, 7) is 0. The largest absolute Gasteiger partial charge is 0.390 e. The molecule has 2 aliphatic heterocycles. The van der Waals surface area contributed by atoms with Crippen LogP contribution >= 0.6 is 0 Å². The van der Waals surface area contributed by atoms with Gasteiger partial charge >= 0.3 is 0 Å². The molecule has 4 heteroatoms. The van der Waals surface area contributed by atoms with Crippen LogP contribution in [0.15, 0.2) is 0 Å². The molecule has 3 saturated carbocycles. The van der Waals surface area contributed by atoms with Crippen molar-refractivity contribution in [1.29, 1.82) is 0 Å². The third-order valence-corrected chi connectivity index (χ3v) is 6.52. The van der Waals surface area contributed by atoms with Gasteiger partial charge in [0.05, 0.1) is 18.1 Å². The monoisotopic (exact) mass is 263 g/mol. The van der Waals surface area contributed by atoms with Crippen LogP contribution < -0.4 is 0 Å². The molecule has 5 fully saturated rings. The molecule has 104 valence electrons. The summed E-state index contributed by atoms with van der Waals surface area (Å²) in [4.78, 5) is 14.9. The van der Waals surface area contributed by atoms with Crippen molar-refractivity contribution < 1.29 is 14.6 Å². The first-order valence-electron chi connectivity index (χ1n) is 7.93. The fourth-order valence-electron chi connectivity index (χ4n) is 5.84. The van der Waals surface area contributed by atoms with Gasteiger partial charge in [-0.3, -0.25) is 4.79 Å². The van der Waals surface area contributed by atoms with Gasteiger partial charge in [0.2, 0.25) is 5.91 Å². The van der Waals surface area contributed by atoms with E-state index in [0.717, 1.165) is 19.3 Å². The summed E-state index contributed by atoms with van der Waals surface area (Å²) in [5.74, 6) is 1.41. The molecule has 0 spiro atoms. The number of carbonyl (C=O) groups excluding carboxylic acids is 1. The summed E-state index contributed by atoms with van der Waals surface area (Å²) in [6, 6.07) is 0.409. The van der Waals surface area contributed by atoms with E-state index < -0.39 is 0 Å². The standard InChI is InChI=1S/C15H21NO3/c17-12-8-6-9-11-10(8)14(18)16(15(11)19-13(9)12)7-4-2-1-3-5-7/h7-13,15,17H,1-6H2/t8-,9-,10-,11+,12+,13+,15-/m1/s1. The highest BCUT2D eigenvalue weighted by Gasteiger charge is 2.72. The highest BCUT2D eigenvalue weighted by Crippen LogP contribution is 2.64. The number of rotatable bonds is 1. The lowest BCUT2D eigenvalue weighted by Gasteiger charge is -2.37. The van der Waals surface area contributed by atoms with Crippen LogP contribution in [-0.2, 0) is 9.53 Å². The van der Waals surface area contributed by atoms with Crippen molar-refractivity contribution in [2.24, 2.45) is 23.7 Å². The maximum Gasteiger partial charge on any atom is 0.228 e. The van der Waals surface area contributed by atoms with Crippen LogP contribution in [0.2, 0.25) is 0 Å². The number of hydrogen-bond donors (Lipinski definition) is 1. The molecule has 5 rings (SSSR count). The summed E-state index contributed by atoms with van der Waals surface area (Å²) < 4.78 is 6.13. The number of amides is 1. The molecule has 1 amide bonds. The molecule has 0 unspecified atom stereocenters. The van der Waals surface area contributed by atoms with Gasteiger partial charge < -0.3 is 14.7 Å². The minimum atomic E-state index is -0.381. The highest BCUT2D eigenvalue weighted by atomic mass is 16.5. The molecule has 19 heavy (non-hydrogen) atoms. The van der Waals surface area contributed by atoms with Crippen molar-refractivity contribution in [3.8, 4) is 0 Å². The van der Waals surface area contributed by atoms with Gasteiger partial charge in [-0.05, 0) is 31.1 Å². The molecule has 2 bridgehead atoms. The number of ether oxygens (including phenoxy) is 1. The zero-order valence-electron chi connectivity index (χ0n) is 11.1. The third-order valence-electron chi connectivity index (χ3n) is 6.52. The average Bonchev–Trinajstić information content (AvgIpc) is 3.08. The van der Waals surface area contributed by atoms with Crippen LogP contribution in [0.4, 0.5) is 0 Å². The molecule has 0 radical (unpaired) electrons. The Bertz CT molecular complexity index is 433. The number of likely N-dealkylation sites (tertiary alicyclic amines) is 1. The highest BCUT2D eigenvalue weighted by molar-refractivity contribution is 5.84. The molecule has 1 N–H and O–H groups in total. The number of nitrogens with zero attached hydrogens (tertiary/aromatic N) is 1. The Kier molecular flexibility index (Phi) is 2.06. The molecule has 5 aliphatic rings. The van der Waals surface area contributed by atoms with E-state index in [2.05, 4.69) is 4.90 Å². The zero-order valence-corrected chi connectivity index (χ0v) is 11.1. The van der Waals surface area contributed by atoms with Crippen LogP contribution in [0.5, 0.6) is 0 Å².